The van der Waals surface area contributed by atoms with E-state index in [9.17, 15) is 9.59 Å². The number of aryl methyl sites for hydroxylation is 2. The number of nitrogens with one attached hydrogen (secondary N) is 1. The molecule has 0 bridgehead atoms. The molecule has 1 amide bonds. The SMILES string of the molecule is COc1ccc(NC(=O)C(C)OC(=O)CCOc2cc(C)ccc2C)cc1. The van der Waals surface area contributed by atoms with Crippen molar-refractivity contribution in [2.75, 3.05) is 19.0 Å². The molecule has 0 saturated heterocycles. The van der Waals surface area contributed by atoms with Crippen molar-refractivity contribution >= 4 is 17.6 Å². The van der Waals surface area contributed by atoms with Gasteiger partial charge in [0.25, 0.3) is 5.91 Å². The summed E-state index contributed by atoms with van der Waals surface area (Å²) < 4.78 is 15.9. The molecule has 1 atom stereocenters. The van der Waals surface area contributed by atoms with Gasteiger partial charge < -0.3 is 19.5 Å². The third-order valence-electron chi connectivity index (χ3n) is 3.94. The van der Waals surface area contributed by atoms with Gasteiger partial charge in [0, 0.05) is 5.69 Å². The van der Waals surface area contributed by atoms with Gasteiger partial charge in [-0.2, -0.15) is 0 Å². The van der Waals surface area contributed by atoms with Gasteiger partial charge in [-0.15, -0.1) is 0 Å². The van der Waals surface area contributed by atoms with Gasteiger partial charge in [0.15, 0.2) is 6.10 Å². The van der Waals surface area contributed by atoms with Crippen LogP contribution in [0.3, 0.4) is 0 Å². The summed E-state index contributed by atoms with van der Waals surface area (Å²) in [7, 11) is 1.57. The quantitative estimate of drug-likeness (QED) is 0.717. The normalized spacial score (nSPS) is 11.4. The van der Waals surface area contributed by atoms with Crippen molar-refractivity contribution in [1.82, 2.24) is 0 Å². The number of anilines is 1. The molecule has 0 aliphatic carbocycles. The molecule has 0 saturated carbocycles. The Bertz CT molecular complexity index is 786. The largest absolute Gasteiger partial charge is 0.497 e. The maximum absolute atomic E-state index is 12.1. The van der Waals surface area contributed by atoms with Gasteiger partial charge in [-0.05, 0) is 62.2 Å². The fourth-order valence-corrected chi connectivity index (χ4v) is 2.33. The molecule has 2 aromatic rings. The van der Waals surface area contributed by atoms with E-state index in [-0.39, 0.29) is 13.0 Å². The number of benzene rings is 2. The highest BCUT2D eigenvalue weighted by Crippen LogP contribution is 2.19. The molecule has 1 unspecified atom stereocenters. The van der Waals surface area contributed by atoms with Crippen molar-refractivity contribution in [3.63, 3.8) is 0 Å². The van der Waals surface area contributed by atoms with Crippen molar-refractivity contribution in [2.24, 2.45) is 0 Å². The number of rotatable bonds is 8. The fourth-order valence-electron chi connectivity index (χ4n) is 2.33. The second-order valence-electron chi connectivity index (χ2n) is 6.22. The molecule has 1 N–H and O–H groups in total. The molecule has 2 rings (SSSR count). The standard InChI is InChI=1S/C21H25NO5/c1-14-5-6-15(2)19(13-14)26-12-11-20(23)27-16(3)21(24)22-17-7-9-18(25-4)10-8-17/h5-10,13,16H,11-12H2,1-4H3,(H,22,24). The summed E-state index contributed by atoms with van der Waals surface area (Å²) in [6.07, 6.45) is -0.839. The number of hydrogen-bond acceptors (Lipinski definition) is 5. The van der Waals surface area contributed by atoms with Gasteiger partial charge in [-0.1, -0.05) is 12.1 Å². The average Bonchev–Trinajstić information content (AvgIpc) is 2.65. The highest BCUT2D eigenvalue weighted by Gasteiger charge is 2.18. The molecule has 0 radical (unpaired) electrons. The number of hydrogen-bond donors (Lipinski definition) is 1. The Balaban J connectivity index is 1.76. The minimum Gasteiger partial charge on any atom is -0.497 e. The van der Waals surface area contributed by atoms with Crippen LogP contribution in [0.4, 0.5) is 5.69 Å². The van der Waals surface area contributed by atoms with E-state index in [1.165, 1.54) is 6.92 Å². The average molecular weight is 371 g/mol. The van der Waals surface area contributed by atoms with E-state index in [1.807, 2.05) is 32.0 Å². The monoisotopic (exact) mass is 371 g/mol. The lowest BCUT2D eigenvalue weighted by Crippen LogP contribution is -2.30. The lowest BCUT2D eigenvalue weighted by molar-refractivity contribution is -0.153. The second kappa shape index (κ2) is 9.62. The van der Waals surface area contributed by atoms with E-state index in [4.69, 9.17) is 14.2 Å². The summed E-state index contributed by atoms with van der Waals surface area (Å²) in [5.74, 6) is 0.547. The van der Waals surface area contributed by atoms with E-state index in [1.54, 1.807) is 31.4 Å². The van der Waals surface area contributed by atoms with Gasteiger partial charge in [-0.25, -0.2) is 0 Å². The van der Waals surface area contributed by atoms with Crippen LogP contribution < -0.4 is 14.8 Å². The lowest BCUT2D eigenvalue weighted by Gasteiger charge is -2.14. The van der Waals surface area contributed by atoms with Gasteiger partial charge in [0.2, 0.25) is 0 Å². The molecule has 0 spiro atoms. The number of carbonyl (C=O) groups excluding carboxylic acids is 2. The van der Waals surface area contributed by atoms with Crippen molar-refractivity contribution in [3.05, 3.63) is 53.6 Å². The van der Waals surface area contributed by atoms with E-state index >= 15 is 0 Å². The predicted molar refractivity (Wildman–Crippen MR) is 103 cm³/mol. The van der Waals surface area contributed by atoms with Crippen LogP contribution in [-0.2, 0) is 14.3 Å². The molecule has 144 valence electrons. The molecule has 0 heterocycles. The molecule has 6 nitrogen and oxygen atoms in total. The van der Waals surface area contributed by atoms with Crippen LogP contribution in [0.15, 0.2) is 42.5 Å². The van der Waals surface area contributed by atoms with Crippen molar-refractivity contribution in [1.29, 1.82) is 0 Å². The molecule has 6 heteroatoms. The number of esters is 1. The van der Waals surface area contributed by atoms with E-state index < -0.39 is 18.0 Å². The van der Waals surface area contributed by atoms with Crippen LogP contribution >= 0.6 is 0 Å². The van der Waals surface area contributed by atoms with E-state index in [2.05, 4.69) is 5.32 Å². The topological polar surface area (TPSA) is 73.9 Å². The molecule has 0 fully saturated rings. The fraction of sp³-hybridized carbons (Fsp3) is 0.333. The third kappa shape index (κ3) is 6.33. The van der Waals surface area contributed by atoms with E-state index in [0.29, 0.717) is 11.4 Å². The molecule has 2 aromatic carbocycles. The molecular weight excluding hydrogens is 346 g/mol. The molecule has 0 aliphatic heterocycles. The number of ether oxygens (including phenoxy) is 3. The molecule has 27 heavy (non-hydrogen) atoms. The first kappa shape index (κ1) is 20.3. The van der Waals surface area contributed by atoms with Crippen molar-refractivity contribution < 1.29 is 23.8 Å². The molecule has 0 aliphatic rings. The van der Waals surface area contributed by atoms with Crippen LogP contribution in [0, 0.1) is 13.8 Å². The van der Waals surface area contributed by atoms with Gasteiger partial charge in [0.1, 0.15) is 11.5 Å². The summed E-state index contributed by atoms with van der Waals surface area (Å²) >= 11 is 0. The Labute approximate surface area is 159 Å². The summed E-state index contributed by atoms with van der Waals surface area (Å²) in [5, 5.41) is 2.69. The van der Waals surface area contributed by atoms with Crippen LogP contribution in [0.5, 0.6) is 11.5 Å². The molecular formula is C21H25NO5. The third-order valence-corrected chi connectivity index (χ3v) is 3.94. The van der Waals surface area contributed by atoms with Gasteiger partial charge >= 0.3 is 5.97 Å². The molecule has 0 aromatic heterocycles. The van der Waals surface area contributed by atoms with E-state index in [0.717, 1.165) is 16.9 Å². The Hall–Kier alpha value is -3.02. The van der Waals surface area contributed by atoms with Crippen LogP contribution in [-0.4, -0.2) is 31.7 Å². The van der Waals surface area contributed by atoms with Crippen LogP contribution in [0.2, 0.25) is 0 Å². The lowest BCUT2D eigenvalue weighted by atomic mass is 10.1. The highest BCUT2D eigenvalue weighted by molar-refractivity contribution is 5.95. The first-order valence-corrected chi connectivity index (χ1v) is 8.73. The summed E-state index contributed by atoms with van der Waals surface area (Å²) in [5.41, 5.74) is 2.69. The van der Waals surface area contributed by atoms with Gasteiger partial charge in [0.05, 0.1) is 20.1 Å². The Morgan fingerprint density at radius 2 is 1.78 bits per heavy atom. The predicted octanol–water partition coefficient (Wildman–Crippen LogP) is 3.65. The summed E-state index contributed by atoms with van der Waals surface area (Å²) in [4.78, 5) is 24.1. The maximum atomic E-state index is 12.1. The Morgan fingerprint density at radius 1 is 1.07 bits per heavy atom. The first-order valence-electron chi connectivity index (χ1n) is 8.73. The van der Waals surface area contributed by atoms with Crippen LogP contribution in [0.1, 0.15) is 24.5 Å². The zero-order valence-electron chi connectivity index (χ0n) is 16.1. The Kier molecular flexibility index (Phi) is 7.23. The smallest absolute Gasteiger partial charge is 0.310 e. The minimum absolute atomic E-state index is 0.0630. The Morgan fingerprint density at radius 3 is 2.44 bits per heavy atom. The number of amides is 1. The first-order chi connectivity index (χ1) is 12.9. The highest BCUT2D eigenvalue weighted by atomic mass is 16.5. The van der Waals surface area contributed by atoms with Gasteiger partial charge in [-0.3, -0.25) is 9.59 Å². The summed E-state index contributed by atoms with van der Waals surface area (Å²) in [6, 6.07) is 12.8. The van der Waals surface area contributed by atoms with Crippen molar-refractivity contribution in [3.8, 4) is 11.5 Å². The minimum atomic E-state index is -0.902. The zero-order chi connectivity index (χ0) is 19.8. The second-order valence-corrected chi connectivity index (χ2v) is 6.22. The number of methoxy groups -OCH3 is 1. The zero-order valence-corrected chi connectivity index (χ0v) is 16.1. The number of carbonyl (C=O) groups is 2. The van der Waals surface area contributed by atoms with Crippen molar-refractivity contribution in [2.45, 2.75) is 33.3 Å². The maximum Gasteiger partial charge on any atom is 0.310 e. The van der Waals surface area contributed by atoms with Crippen LogP contribution in [0.25, 0.3) is 0 Å². The summed E-state index contributed by atoms with van der Waals surface area (Å²) in [6.45, 7) is 5.64.